The standard InChI is InChI=1S/C29H31NO5/c31-28(35-27-17-15-26(16-18-27)33-20-23-7-3-1-4-8-23)25-13-11-22(12-14-25)19-30-29(32)34-21-24-9-5-2-6-10-24/h1-10,15-18,22,25H,11-14,19-21H2,(H,30,32)/t22-,25-. The average molecular weight is 474 g/mol. The Labute approximate surface area is 206 Å². The van der Waals surface area contributed by atoms with E-state index in [-0.39, 0.29) is 18.5 Å². The summed E-state index contributed by atoms with van der Waals surface area (Å²) in [5.41, 5.74) is 2.05. The molecule has 1 N–H and O–H groups in total. The summed E-state index contributed by atoms with van der Waals surface area (Å²) in [6.07, 6.45) is 2.83. The summed E-state index contributed by atoms with van der Waals surface area (Å²) >= 11 is 0. The first-order valence-electron chi connectivity index (χ1n) is 12.1. The summed E-state index contributed by atoms with van der Waals surface area (Å²) in [4.78, 5) is 24.6. The van der Waals surface area contributed by atoms with Gasteiger partial charge in [-0.1, -0.05) is 60.7 Å². The normalized spacial score (nSPS) is 17.3. The van der Waals surface area contributed by atoms with Crippen molar-refractivity contribution in [3.8, 4) is 11.5 Å². The third kappa shape index (κ3) is 7.88. The summed E-state index contributed by atoms with van der Waals surface area (Å²) < 4.78 is 16.6. The van der Waals surface area contributed by atoms with Crippen molar-refractivity contribution in [2.45, 2.75) is 38.9 Å². The lowest BCUT2D eigenvalue weighted by atomic mass is 9.82. The molecule has 182 valence electrons. The van der Waals surface area contributed by atoms with Gasteiger partial charge in [0.2, 0.25) is 0 Å². The number of amides is 1. The van der Waals surface area contributed by atoms with Crippen LogP contribution in [0.25, 0.3) is 0 Å². The lowest BCUT2D eigenvalue weighted by molar-refractivity contribution is -0.140. The van der Waals surface area contributed by atoms with Crippen LogP contribution in [-0.2, 0) is 22.7 Å². The monoisotopic (exact) mass is 473 g/mol. The predicted octanol–water partition coefficient (Wildman–Crippen LogP) is 5.90. The first-order valence-corrected chi connectivity index (χ1v) is 12.1. The van der Waals surface area contributed by atoms with Gasteiger partial charge in [0.15, 0.2) is 0 Å². The second kappa shape index (κ2) is 12.6. The SMILES string of the molecule is O=C(NC[C@H]1CC[C@H](C(=O)Oc2ccc(OCc3ccccc3)cc2)CC1)OCc1ccccc1. The Morgan fingerprint density at radius 2 is 1.29 bits per heavy atom. The fraction of sp³-hybridized carbons (Fsp3) is 0.310. The minimum Gasteiger partial charge on any atom is -0.489 e. The van der Waals surface area contributed by atoms with E-state index in [2.05, 4.69) is 5.32 Å². The molecule has 0 heterocycles. The van der Waals surface area contributed by atoms with Crippen LogP contribution >= 0.6 is 0 Å². The second-order valence-electron chi connectivity index (χ2n) is 8.83. The quantitative estimate of drug-likeness (QED) is 0.309. The summed E-state index contributed by atoms with van der Waals surface area (Å²) in [5.74, 6) is 1.27. The third-order valence-corrected chi connectivity index (χ3v) is 6.22. The van der Waals surface area contributed by atoms with E-state index < -0.39 is 6.09 Å². The molecular formula is C29H31NO5. The highest BCUT2D eigenvalue weighted by Gasteiger charge is 2.28. The molecule has 1 fully saturated rings. The smallest absolute Gasteiger partial charge is 0.407 e. The van der Waals surface area contributed by atoms with E-state index in [0.29, 0.717) is 24.8 Å². The van der Waals surface area contributed by atoms with Gasteiger partial charge in [-0.05, 0) is 67.0 Å². The van der Waals surface area contributed by atoms with Crippen LogP contribution in [0.2, 0.25) is 0 Å². The molecule has 1 aliphatic rings. The number of carbonyl (C=O) groups excluding carboxylic acids is 2. The maximum atomic E-state index is 12.6. The molecule has 1 amide bonds. The Morgan fingerprint density at radius 1 is 0.714 bits per heavy atom. The highest BCUT2D eigenvalue weighted by Crippen LogP contribution is 2.30. The lowest BCUT2D eigenvalue weighted by Gasteiger charge is -2.27. The minimum absolute atomic E-state index is 0.120. The zero-order valence-electron chi connectivity index (χ0n) is 19.7. The summed E-state index contributed by atoms with van der Waals surface area (Å²) in [5, 5.41) is 2.84. The predicted molar refractivity (Wildman–Crippen MR) is 133 cm³/mol. The molecule has 1 aliphatic carbocycles. The summed E-state index contributed by atoms with van der Waals surface area (Å²) in [6.45, 7) is 1.30. The summed E-state index contributed by atoms with van der Waals surface area (Å²) in [7, 11) is 0. The molecule has 6 heteroatoms. The first-order chi connectivity index (χ1) is 17.2. The Morgan fingerprint density at radius 3 is 1.91 bits per heavy atom. The maximum Gasteiger partial charge on any atom is 0.407 e. The Balaban J connectivity index is 1.13. The highest BCUT2D eigenvalue weighted by atomic mass is 16.5. The van der Waals surface area contributed by atoms with Crippen molar-refractivity contribution >= 4 is 12.1 Å². The van der Waals surface area contributed by atoms with E-state index in [4.69, 9.17) is 14.2 Å². The van der Waals surface area contributed by atoms with Crippen LogP contribution in [0.15, 0.2) is 84.9 Å². The number of carbonyl (C=O) groups is 2. The van der Waals surface area contributed by atoms with Crippen LogP contribution < -0.4 is 14.8 Å². The van der Waals surface area contributed by atoms with Gasteiger partial charge in [-0.15, -0.1) is 0 Å². The van der Waals surface area contributed by atoms with Gasteiger partial charge in [0.1, 0.15) is 24.7 Å². The highest BCUT2D eigenvalue weighted by molar-refractivity contribution is 5.75. The van der Waals surface area contributed by atoms with E-state index in [9.17, 15) is 9.59 Å². The van der Waals surface area contributed by atoms with Gasteiger partial charge in [0, 0.05) is 6.54 Å². The van der Waals surface area contributed by atoms with Gasteiger partial charge < -0.3 is 19.5 Å². The lowest BCUT2D eigenvalue weighted by Crippen LogP contribution is -2.33. The number of esters is 1. The molecule has 1 saturated carbocycles. The van der Waals surface area contributed by atoms with Crippen molar-refractivity contribution in [3.05, 3.63) is 96.1 Å². The van der Waals surface area contributed by atoms with E-state index in [1.54, 1.807) is 12.1 Å². The van der Waals surface area contributed by atoms with Crippen LogP contribution in [0.1, 0.15) is 36.8 Å². The average Bonchev–Trinajstić information content (AvgIpc) is 2.92. The molecule has 4 rings (SSSR count). The molecule has 0 aromatic heterocycles. The summed E-state index contributed by atoms with van der Waals surface area (Å²) in [6, 6.07) is 26.7. The van der Waals surface area contributed by atoms with Crippen LogP contribution in [0, 0.1) is 11.8 Å². The van der Waals surface area contributed by atoms with E-state index in [0.717, 1.165) is 42.6 Å². The molecule has 35 heavy (non-hydrogen) atoms. The number of rotatable bonds is 9. The molecule has 0 unspecified atom stereocenters. The molecular weight excluding hydrogens is 442 g/mol. The van der Waals surface area contributed by atoms with Crippen molar-refractivity contribution in [3.63, 3.8) is 0 Å². The molecule has 3 aromatic carbocycles. The number of ether oxygens (including phenoxy) is 3. The van der Waals surface area contributed by atoms with E-state index >= 15 is 0 Å². The fourth-order valence-corrected chi connectivity index (χ4v) is 4.15. The zero-order chi connectivity index (χ0) is 24.3. The first kappa shape index (κ1) is 24.3. The molecule has 0 spiro atoms. The van der Waals surface area contributed by atoms with Crippen molar-refractivity contribution in [1.82, 2.24) is 5.32 Å². The second-order valence-corrected chi connectivity index (χ2v) is 8.83. The molecule has 0 bridgehead atoms. The van der Waals surface area contributed by atoms with Gasteiger partial charge >= 0.3 is 12.1 Å². The number of benzene rings is 3. The van der Waals surface area contributed by atoms with Crippen molar-refractivity contribution in [1.29, 1.82) is 0 Å². The molecule has 0 saturated heterocycles. The van der Waals surface area contributed by atoms with Crippen LogP contribution in [0.3, 0.4) is 0 Å². The van der Waals surface area contributed by atoms with Gasteiger partial charge in [0.05, 0.1) is 5.92 Å². The van der Waals surface area contributed by atoms with Gasteiger partial charge in [0.25, 0.3) is 0 Å². The van der Waals surface area contributed by atoms with Crippen molar-refractivity contribution in [2.24, 2.45) is 11.8 Å². The van der Waals surface area contributed by atoms with E-state index in [1.807, 2.05) is 72.8 Å². The zero-order valence-corrected chi connectivity index (χ0v) is 19.7. The third-order valence-electron chi connectivity index (χ3n) is 6.22. The minimum atomic E-state index is -0.411. The molecule has 6 nitrogen and oxygen atoms in total. The van der Waals surface area contributed by atoms with Gasteiger partial charge in [-0.3, -0.25) is 4.79 Å². The van der Waals surface area contributed by atoms with E-state index in [1.165, 1.54) is 0 Å². The number of hydrogen-bond acceptors (Lipinski definition) is 5. The molecule has 3 aromatic rings. The number of hydrogen-bond donors (Lipinski definition) is 1. The van der Waals surface area contributed by atoms with Crippen LogP contribution in [-0.4, -0.2) is 18.6 Å². The van der Waals surface area contributed by atoms with Gasteiger partial charge in [-0.2, -0.15) is 0 Å². The van der Waals surface area contributed by atoms with Gasteiger partial charge in [-0.25, -0.2) is 4.79 Å². The molecule has 0 aliphatic heterocycles. The Hall–Kier alpha value is -3.80. The fourth-order valence-electron chi connectivity index (χ4n) is 4.15. The van der Waals surface area contributed by atoms with Crippen LogP contribution in [0.4, 0.5) is 4.79 Å². The Bertz CT molecular complexity index is 1060. The van der Waals surface area contributed by atoms with Crippen molar-refractivity contribution < 1.29 is 23.8 Å². The topological polar surface area (TPSA) is 73.9 Å². The van der Waals surface area contributed by atoms with Crippen molar-refractivity contribution in [2.75, 3.05) is 6.54 Å². The Kier molecular flexibility index (Phi) is 8.76. The van der Waals surface area contributed by atoms with Crippen LogP contribution in [0.5, 0.6) is 11.5 Å². The number of alkyl carbamates (subject to hydrolysis) is 1. The molecule has 0 atom stereocenters. The maximum absolute atomic E-state index is 12.6. The largest absolute Gasteiger partial charge is 0.489 e. The number of nitrogens with one attached hydrogen (secondary N) is 1. The molecule has 0 radical (unpaired) electrons.